The molecule has 1 aliphatic rings. The lowest BCUT2D eigenvalue weighted by molar-refractivity contribution is 0.211. The Balaban J connectivity index is 1.55. The van der Waals surface area contributed by atoms with Gasteiger partial charge in [0.2, 0.25) is 0 Å². The predicted octanol–water partition coefficient (Wildman–Crippen LogP) is 2.46. The van der Waals surface area contributed by atoms with Crippen molar-refractivity contribution in [3.05, 3.63) is 40.1 Å². The van der Waals surface area contributed by atoms with E-state index < -0.39 is 0 Å². The highest BCUT2D eigenvalue weighted by molar-refractivity contribution is 7.09. The third-order valence-electron chi connectivity index (χ3n) is 4.05. The lowest BCUT2D eigenvalue weighted by Gasteiger charge is -2.22. The van der Waals surface area contributed by atoms with E-state index in [1.54, 1.807) is 23.5 Å². The molecule has 1 fully saturated rings. The Labute approximate surface area is 150 Å². The fourth-order valence-corrected chi connectivity index (χ4v) is 3.42. The molecule has 0 radical (unpaired) electrons. The van der Waals surface area contributed by atoms with Crippen molar-refractivity contribution in [2.75, 3.05) is 31.5 Å². The summed E-state index contributed by atoms with van der Waals surface area (Å²) in [6, 6.07) is 5.10. The van der Waals surface area contributed by atoms with Gasteiger partial charge >= 0.3 is 6.03 Å². The highest BCUT2D eigenvalue weighted by atomic mass is 32.1. The average Bonchev–Trinajstić information content (AvgIpc) is 2.88. The van der Waals surface area contributed by atoms with Crippen LogP contribution in [-0.2, 0) is 6.54 Å². The molecule has 0 unspecified atom stereocenters. The first-order chi connectivity index (χ1) is 12.1. The number of nitriles is 1. The number of amides is 2. The Morgan fingerprint density at radius 2 is 2.28 bits per heavy atom. The van der Waals surface area contributed by atoms with Gasteiger partial charge in [-0.05, 0) is 25.5 Å². The van der Waals surface area contributed by atoms with E-state index in [-0.39, 0.29) is 6.03 Å². The lowest BCUT2D eigenvalue weighted by atomic mass is 10.3. The zero-order chi connectivity index (χ0) is 17.6. The van der Waals surface area contributed by atoms with Crippen molar-refractivity contribution >= 4 is 23.1 Å². The van der Waals surface area contributed by atoms with Crippen LogP contribution >= 0.6 is 11.3 Å². The van der Waals surface area contributed by atoms with Crippen molar-refractivity contribution < 1.29 is 4.79 Å². The summed E-state index contributed by atoms with van der Waals surface area (Å²) in [5.41, 5.74) is 1.98. The van der Waals surface area contributed by atoms with Gasteiger partial charge in [0.05, 0.1) is 10.7 Å². The van der Waals surface area contributed by atoms with Gasteiger partial charge in [-0.25, -0.2) is 14.8 Å². The summed E-state index contributed by atoms with van der Waals surface area (Å²) in [6.45, 7) is 6.01. The van der Waals surface area contributed by atoms with Gasteiger partial charge in [0, 0.05) is 50.0 Å². The standard InChI is InChI=1S/C17H20N6OS/c1-13-20-16(12-25-13)11-22-5-2-6-23(8-7-22)17(24)21-14-3-4-19-15(9-14)10-18/h3-4,9,12H,2,5-8,11H2,1H3,(H,19,21,24). The van der Waals surface area contributed by atoms with Gasteiger partial charge in [0.1, 0.15) is 11.8 Å². The number of nitrogens with zero attached hydrogens (tertiary/aromatic N) is 5. The van der Waals surface area contributed by atoms with Gasteiger partial charge in [-0.3, -0.25) is 4.90 Å². The number of aryl methyl sites for hydroxylation is 1. The molecule has 1 saturated heterocycles. The highest BCUT2D eigenvalue weighted by Crippen LogP contribution is 2.14. The Bertz CT molecular complexity index is 783. The maximum absolute atomic E-state index is 12.5. The number of anilines is 1. The van der Waals surface area contributed by atoms with E-state index in [9.17, 15) is 4.79 Å². The monoisotopic (exact) mass is 356 g/mol. The first-order valence-corrected chi connectivity index (χ1v) is 9.07. The quantitative estimate of drug-likeness (QED) is 0.913. The summed E-state index contributed by atoms with van der Waals surface area (Å²) in [4.78, 5) is 25.0. The maximum atomic E-state index is 12.5. The van der Waals surface area contributed by atoms with Gasteiger partial charge in [-0.15, -0.1) is 11.3 Å². The van der Waals surface area contributed by atoms with E-state index in [0.717, 1.165) is 36.8 Å². The Morgan fingerprint density at radius 3 is 3.04 bits per heavy atom. The average molecular weight is 356 g/mol. The molecule has 0 aliphatic carbocycles. The zero-order valence-electron chi connectivity index (χ0n) is 14.1. The molecule has 3 rings (SSSR count). The zero-order valence-corrected chi connectivity index (χ0v) is 14.9. The summed E-state index contributed by atoms with van der Waals surface area (Å²) in [5.74, 6) is 0. The summed E-state index contributed by atoms with van der Waals surface area (Å²) < 4.78 is 0. The number of aromatic nitrogens is 2. The summed E-state index contributed by atoms with van der Waals surface area (Å²) >= 11 is 1.67. The molecule has 0 saturated carbocycles. The number of rotatable bonds is 3. The minimum Gasteiger partial charge on any atom is -0.323 e. The number of carbonyl (C=O) groups excluding carboxylic acids is 1. The molecule has 0 aromatic carbocycles. The van der Waals surface area contributed by atoms with Crippen molar-refractivity contribution in [3.8, 4) is 6.07 Å². The Morgan fingerprint density at radius 1 is 1.40 bits per heavy atom. The van der Waals surface area contributed by atoms with Crippen LogP contribution in [0.4, 0.5) is 10.5 Å². The molecule has 2 aromatic rings. The summed E-state index contributed by atoms with van der Waals surface area (Å²) in [5, 5.41) is 14.9. The SMILES string of the molecule is Cc1nc(CN2CCCN(C(=O)Nc3ccnc(C#N)c3)CC2)cs1. The van der Waals surface area contributed by atoms with E-state index in [1.165, 1.54) is 6.20 Å². The maximum Gasteiger partial charge on any atom is 0.321 e. The topological polar surface area (TPSA) is 85.2 Å². The molecule has 8 heteroatoms. The van der Waals surface area contributed by atoms with Crippen LogP contribution in [0.5, 0.6) is 0 Å². The molecule has 130 valence electrons. The smallest absolute Gasteiger partial charge is 0.321 e. The number of pyridine rings is 1. The van der Waals surface area contributed by atoms with Crippen LogP contribution in [0.25, 0.3) is 0 Å². The second-order valence-electron chi connectivity index (χ2n) is 5.95. The molecule has 1 N–H and O–H groups in total. The molecule has 0 bridgehead atoms. The molecule has 2 aromatic heterocycles. The van der Waals surface area contributed by atoms with E-state index in [0.29, 0.717) is 24.5 Å². The molecule has 7 nitrogen and oxygen atoms in total. The minimum atomic E-state index is -0.138. The Kier molecular flexibility index (Phi) is 5.58. The summed E-state index contributed by atoms with van der Waals surface area (Å²) in [6.07, 6.45) is 2.45. The largest absolute Gasteiger partial charge is 0.323 e. The molecule has 0 atom stereocenters. The molecule has 1 aliphatic heterocycles. The third-order valence-corrected chi connectivity index (χ3v) is 4.88. The number of nitrogens with one attached hydrogen (secondary N) is 1. The lowest BCUT2D eigenvalue weighted by Crippen LogP contribution is -2.38. The van der Waals surface area contributed by atoms with Gasteiger partial charge in [-0.1, -0.05) is 0 Å². The van der Waals surface area contributed by atoms with E-state index >= 15 is 0 Å². The van der Waals surface area contributed by atoms with E-state index in [1.807, 2.05) is 17.9 Å². The van der Waals surface area contributed by atoms with E-state index in [4.69, 9.17) is 5.26 Å². The third kappa shape index (κ3) is 4.75. The summed E-state index contributed by atoms with van der Waals surface area (Å²) in [7, 11) is 0. The molecule has 0 spiro atoms. The van der Waals surface area contributed by atoms with Crippen LogP contribution in [0, 0.1) is 18.3 Å². The number of hydrogen-bond acceptors (Lipinski definition) is 6. The molecular weight excluding hydrogens is 336 g/mol. The molecule has 25 heavy (non-hydrogen) atoms. The van der Waals surface area contributed by atoms with Gasteiger partial charge in [-0.2, -0.15) is 5.26 Å². The minimum absolute atomic E-state index is 0.138. The second-order valence-corrected chi connectivity index (χ2v) is 7.01. The van der Waals surface area contributed by atoms with Crippen molar-refractivity contribution in [1.29, 1.82) is 5.26 Å². The van der Waals surface area contributed by atoms with Crippen molar-refractivity contribution in [2.24, 2.45) is 0 Å². The number of hydrogen-bond donors (Lipinski definition) is 1. The number of thiazole rings is 1. The van der Waals surface area contributed by atoms with Crippen LogP contribution < -0.4 is 5.32 Å². The van der Waals surface area contributed by atoms with Crippen LogP contribution in [0.3, 0.4) is 0 Å². The number of urea groups is 1. The second kappa shape index (κ2) is 8.05. The number of carbonyl (C=O) groups is 1. The van der Waals surface area contributed by atoms with Crippen LogP contribution in [0.15, 0.2) is 23.7 Å². The van der Waals surface area contributed by atoms with Gasteiger partial charge < -0.3 is 10.2 Å². The van der Waals surface area contributed by atoms with Crippen LogP contribution in [-0.4, -0.2) is 52.0 Å². The normalized spacial score (nSPS) is 15.4. The first kappa shape index (κ1) is 17.3. The molecule has 3 heterocycles. The van der Waals surface area contributed by atoms with Crippen molar-refractivity contribution in [3.63, 3.8) is 0 Å². The van der Waals surface area contributed by atoms with Crippen molar-refractivity contribution in [1.82, 2.24) is 19.8 Å². The first-order valence-electron chi connectivity index (χ1n) is 8.19. The van der Waals surface area contributed by atoms with Crippen LogP contribution in [0.2, 0.25) is 0 Å². The van der Waals surface area contributed by atoms with Crippen LogP contribution in [0.1, 0.15) is 22.8 Å². The fraction of sp³-hybridized carbons (Fsp3) is 0.412. The predicted molar refractivity (Wildman–Crippen MR) is 96.3 cm³/mol. The highest BCUT2D eigenvalue weighted by Gasteiger charge is 2.20. The fourth-order valence-electron chi connectivity index (χ4n) is 2.81. The molecule has 2 amide bonds. The van der Waals surface area contributed by atoms with Gasteiger partial charge in [0.15, 0.2) is 0 Å². The Hall–Kier alpha value is -2.50. The molecular formula is C17H20N6OS. The van der Waals surface area contributed by atoms with Crippen molar-refractivity contribution in [2.45, 2.75) is 19.9 Å². The van der Waals surface area contributed by atoms with Gasteiger partial charge in [0.25, 0.3) is 0 Å². The van der Waals surface area contributed by atoms with E-state index in [2.05, 4.69) is 25.6 Å².